The fourth-order valence-electron chi connectivity index (χ4n) is 1.72. The Balaban J connectivity index is 2.54. The van der Waals surface area contributed by atoms with Gasteiger partial charge in [0.15, 0.2) is 0 Å². The molecule has 108 valence electrons. The maximum Gasteiger partial charge on any atom is 0.145 e. The van der Waals surface area contributed by atoms with Crippen LogP contribution in [0.3, 0.4) is 0 Å². The van der Waals surface area contributed by atoms with Crippen LogP contribution >= 0.6 is 22.9 Å². The van der Waals surface area contributed by atoms with Crippen LogP contribution in [0.1, 0.15) is 37.0 Å². The second-order valence-electron chi connectivity index (χ2n) is 5.60. The molecule has 1 heterocycles. The molecule has 1 N–H and O–H groups in total. The highest BCUT2D eigenvalue weighted by Gasteiger charge is 2.21. The van der Waals surface area contributed by atoms with Crippen LogP contribution in [0.2, 0.25) is 5.02 Å². The predicted molar refractivity (Wildman–Crippen MR) is 87.3 cm³/mol. The summed E-state index contributed by atoms with van der Waals surface area (Å²) in [6.07, 6.45) is 0. The first-order chi connectivity index (χ1) is 9.84. The van der Waals surface area contributed by atoms with E-state index in [9.17, 15) is 10.4 Å². The number of thiazole rings is 1. The third-order valence-electron chi connectivity index (χ3n) is 2.96. The molecule has 3 nitrogen and oxygen atoms in total. The Labute approximate surface area is 133 Å². The second-order valence-corrected chi connectivity index (χ2v) is 6.87. The number of aliphatic hydroxyl groups excluding tert-OH is 1. The van der Waals surface area contributed by atoms with Gasteiger partial charge in [0.1, 0.15) is 22.4 Å². The van der Waals surface area contributed by atoms with E-state index in [4.69, 9.17) is 11.6 Å². The Hall–Kier alpha value is -1.83. The molecule has 2 rings (SSSR count). The lowest BCUT2D eigenvalue weighted by molar-refractivity contribution is 0.514. The van der Waals surface area contributed by atoms with Gasteiger partial charge in [0.2, 0.25) is 0 Å². The summed E-state index contributed by atoms with van der Waals surface area (Å²) < 4.78 is 0. The van der Waals surface area contributed by atoms with Crippen LogP contribution in [0.5, 0.6) is 0 Å². The second kappa shape index (κ2) is 5.88. The highest BCUT2D eigenvalue weighted by atomic mass is 35.5. The number of benzene rings is 1. The molecule has 2 aromatic rings. The lowest BCUT2D eigenvalue weighted by atomic mass is 9.93. The zero-order chi connectivity index (χ0) is 15.6. The number of aliphatic hydroxyl groups is 1. The van der Waals surface area contributed by atoms with Gasteiger partial charge in [-0.2, -0.15) is 5.26 Å². The molecule has 21 heavy (non-hydrogen) atoms. The van der Waals surface area contributed by atoms with Crippen LogP contribution in [0.4, 0.5) is 0 Å². The Morgan fingerprint density at radius 2 is 2.00 bits per heavy atom. The molecular formula is C16H15ClN2OS. The number of nitrogens with zero attached hydrogens (tertiary/aromatic N) is 2. The monoisotopic (exact) mass is 318 g/mol. The Morgan fingerprint density at radius 1 is 1.33 bits per heavy atom. The van der Waals surface area contributed by atoms with E-state index in [1.54, 1.807) is 24.3 Å². The lowest BCUT2D eigenvalue weighted by Crippen LogP contribution is -2.11. The quantitative estimate of drug-likeness (QED) is 0.623. The molecule has 0 saturated heterocycles. The Kier molecular flexibility index (Phi) is 4.36. The largest absolute Gasteiger partial charge is 0.506 e. The van der Waals surface area contributed by atoms with Crippen molar-refractivity contribution < 1.29 is 5.11 Å². The molecule has 1 aromatic carbocycles. The smallest absolute Gasteiger partial charge is 0.145 e. The van der Waals surface area contributed by atoms with E-state index in [0.717, 1.165) is 5.69 Å². The van der Waals surface area contributed by atoms with Gasteiger partial charge in [-0.15, -0.1) is 11.3 Å². The molecule has 5 heteroatoms. The minimum Gasteiger partial charge on any atom is -0.506 e. The summed E-state index contributed by atoms with van der Waals surface area (Å²) in [5, 5.41) is 22.5. The van der Waals surface area contributed by atoms with Crippen molar-refractivity contribution in [3.63, 3.8) is 0 Å². The lowest BCUT2D eigenvalue weighted by Gasteiger charge is -2.14. The number of hydrogen-bond donors (Lipinski definition) is 1. The van der Waals surface area contributed by atoms with Gasteiger partial charge in [-0.1, -0.05) is 44.5 Å². The van der Waals surface area contributed by atoms with Gasteiger partial charge >= 0.3 is 0 Å². The molecule has 1 aromatic heterocycles. The minimum absolute atomic E-state index is 0.102. The van der Waals surface area contributed by atoms with Gasteiger partial charge in [-0.3, -0.25) is 0 Å². The van der Waals surface area contributed by atoms with E-state index in [0.29, 0.717) is 15.6 Å². The van der Waals surface area contributed by atoms with Crippen LogP contribution in [0, 0.1) is 11.3 Å². The molecule has 0 bridgehead atoms. The highest BCUT2D eigenvalue weighted by Crippen LogP contribution is 2.32. The average Bonchev–Trinajstić information content (AvgIpc) is 2.89. The summed E-state index contributed by atoms with van der Waals surface area (Å²) in [5.74, 6) is -0.141. The number of allylic oxidation sites excluding steroid dienone is 1. The third kappa shape index (κ3) is 3.26. The van der Waals surface area contributed by atoms with Crippen LogP contribution in [-0.4, -0.2) is 10.1 Å². The Bertz CT molecular complexity index is 735. The van der Waals surface area contributed by atoms with Gasteiger partial charge in [0.25, 0.3) is 0 Å². The van der Waals surface area contributed by atoms with E-state index in [-0.39, 0.29) is 16.7 Å². The number of nitriles is 1. The summed E-state index contributed by atoms with van der Waals surface area (Å²) >= 11 is 7.41. The Morgan fingerprint density at radius 3 is 2.52 bits per heavy atom. The van der Waals surface area contributed by atoms with Crippen molar-refractivity contribution in [1.29, 1.82) is 5.26 Å². The molecular weight excluding hydrogens is 304 g/mol. The molecule has 0 atom stereocenters. The van der Waals surface area contributed by atoms with Crippen molar-refractivity contribution in [2.45, 2.75) is 26.2 Å². The first kappa shape index (κ1) is 15.6. The summed E-state index contributed by atoms with van der Waals surface area (Å²) in [4.78, 5) is 4.46. The van der Waals surface area contributed by atoms with Crippen molar-refractivity contribution in [3.8, 4) is 6.07 Å². The van der Waals surface area contributed by atoms with E-state index in [1.807, 2.05) is 11.4 Å². The van der Waals surface area contributed by atoms with E-state index < -0.39 is 0 Å². The molecule has 0 aliphatic carbocycles. The summed E-state index contributed by atoms with van der Waals surface area (Å²) in [5.41, 5.74) is 1.36. The molecule has 0 radical (unpaired) electrons. The zero-order valence-electron chi connectivity index (χ0n) is 12.0. The summed E-state index contributed by atoms with van der Waals surface area (Å²) in [6.45, 7) is 6.15. The topological polar surface area (TPSA) is 56.9 Å². The number of halogens is 1. The van der Waals surface area contributed by atoms with Gasteiger partial charge in [0.05, 0.1) is 10.7 Å². The fraction of sp³-hybridized carbons (Fsp3) is 0.250. The molecule has 0 spiro atoms. The first-order valence-electron chi connectivity index (χ1n) is 6.39. The SMILES string of the molecule is CC(C)(C)c1csc(C(C#N)=C(O)c2ccccc2Cl)n1. The normalized spacial score (nSPS) is 12.7. The summed E-state index contributed by atoms with van der Waals surface area (Å²) in [7, 11) is 0. The number of rotatable bonds is 2. The van der Waals surface area contributed by atoms with Crippen LogP contribution < -0.4 is 0 Å². The van der Waals surface area contributed by atoms with Crippen molar-refractivity contribution in [1.82, 2.24) is 4.98 Å². The maximum atomic E-state index is 10.4. The molecule has 0 fully saturated rings. The molecule has 0 amide bonds. The van der Waals surface area contributed by atoms with Gasteiger partial charge in [0, 0.05) is 16.4 Å². The highest BCUT2D eigenvalue weighted by molar-refractivity contribution is 7.11. The van der Waals surface area contributed by atoms with E-state index in [2.05, 4.69) is 25.8 Å². The van der Waals surface area contributed by atoms with Crippen molar-refractivity contribution in [3.05, 3.63) is 50.9 Å². The van der Waals surface area contributed by atoms with Gasteiger partial charge < -0.3 is 5.11 Å². The van der Waals surface area contributed by atoms with Crippen molar-refractivity contribution in [2.24, 2.45) is 0 Å². The van der Waals surface area contributed by atoms with Gasteiger partial charge in [-0.05, 0) is 12.1 Å². The van der Waals surface area contributed by atoms with Crippen LogP contribution in [0.25, 0.3) is 11.3 Å². The predicted octanol–water partition coefficient (Wildman–Crippen LogP) is 5.04. The number of aromatic nitrogens is 1. The third-order valence-corrected chi connectivity index (χ3v) is 4.15. The van der Waals surface area contributed by atoms with Crippen molar-refractivity contribution in [2.75, 3.05) is 0 Å². The molecule has 0 aliphatic heterocycles. The maximum absolute atomic E-state index is 10.4. The minimum atomic E-state index is -0.141. The van der Waals surface area contributed by atoms with E-state index in [1.165, 1.54) is 11.3 Å². The molecule has 0 aliphatic rings. The van der Waals surface area contributed by atoms with Crippen LogP contribution in [0.15, 0.2) is 29.6 Å². The number of hydrogen-bond acceptors (Lipinski definition) is 4. The first-order valence-corrected chi connectivity index (χ1v) is 7.65. The fourth-order valence-corrected chi connectivity index (χ4v) is 2.99. The van der Waals surface area contributed by atoms with E-state index >= 15 is 0 Å². The van der Waals surface area contributed by atoms with Crippen molar-refractivity contribution >= 4 is 34.3 Å². The van der Waals surface area contributed by atoms with Gasteiger partial charge in [-0.25, -0.2) is 4.98 Å². The average molecular weight is 319 g/mol. The summed E-state index contributed by atoms with van der Waals surface area (Å²) in [6, 6.07) is 8.90. The zero-order valence-corrected chi connectivity index (χ0v) is 13.6. The standard InChI is InChI=1S/C16H15ClN2OS/c1-16(2,3)13-9-21-15(19-13)11(8-18)14(20)10-6-4-5-7-12(10)17/h4-7,9,20H,1-3H3. The molecule has 0 unspecified atom stereocenters. The van der Waals surface area contributed by atoms with Crippen LogP contribution in [-0.2, 0) is 5.41 Å². The molecule has 0 saturated carbocycles.